The van der Waals surface area contributed by atoms with Gasteiger partial charge >= 0.3 is 0 Å². The number of carbonyl (C=O) groups excluding carboxylic acids is 1. The summed E-state index contributed by atoms with van der Waals surface area (Å²) in [5, 5.41) is 1.98. The summed E-state index contributed by atoms with van der Waals surface area (Å²) in [6, 6.07) is 1.93. The first-order valence-electron chi connectivity index (χ1n) is 4.51. The first kappa shape index (κ1) is 9.68. The summed E-state index contributed by atoms with van der Waals surface area (Å²) < 4.78 is 5.47. The summed E-state index contributed by atoms with van der Waals surface area (Å²) in [5.74, 6) is -0.403. The topological polar surface area (TPSA) is 52.3 Å². The number of hydrogen-bond donors (Lipinski definition) is 1. The number of rotatable bonds is 1. The van der Waals surface area contributed by atoms with Crippen molar-refractivity contribution < 1.29 is 9.53 Å². The summed E-state index contributed by atoms with van der Waals surface area (Å²) in [6.45, 7) is 4.77. The van der Waals surface area contributed by atoms with Crippen LogP contribution in [0.15, 0.2) is 11.4 Å². The van der Waals surface area contributed by atoms with Gasteiger partial charge in [-0.2, -0.15) is 0 Å². The van der Waals surface area contributed by atoms with Gasteiger partial charge in [-0.3, -0.25) is 4.79 Å². The van der Waals surface area contributed by atoms with Gasteiger partial charge in [0.05, 0.1) is 6.61 Å². The molecule has 2 heterocycles. The Morgan fingerprint density at radius 2 is 2.43 bits per heavy atom. The zero-order valence-electron chi connectivity index (χ0n) is 8.24. The van der Waals surface area contributed by atoms with Crippen molar-refractivity contribution in [3.05, 3.63) is 21.9 Å². The molecule has 3 nitrogen and oxygen atoms in total. The zero-order valence-corrected chi connectivity index (χ0v) is 9.06. The second kappa shape index (κ2) is 3.07. The predicted molar refractivity (Wildman–Crippen MR) is 55.2 cm³/mol. The molecule has 1 aromatic rings. The predicted octanol–water partition coefficient (Wildman–Crippen LogP) is 1.58. The molecule has 4 heteroatoms. The van der Waals surface area contributed by atoms with Crippen LogP contribution in [0.1, 0.15) is 30.4 Å². The molecule has 1 aliphatic rings. The average molecular weight is 211 g/mol. The van der Waals surface area contributed by atoms with Crippen molar-refractivity contribution in [2.24, 2.45) is 5.73 Å². The van der Waals surface area contributed by atoms with Gasteiger partial charge in [-0.15, -0.1) is 11.3 Å². The number of ether oxygens (including phenoxy) is 1. The third-order valence-electron chi connectivity index (χ3n) is 2.46. The fraction of sp³-hybridized carbons (Fsp3) is 0.500. The number of hydrogen-bond acceptors (Lipinski definition) is 3. The van der Waals surface area contributed by atoms with Gasteiger partial charge in [0.15, 0.2) is 6.10 Å². The van der Waals surface area contributed by atoms with Crippen molar-refractivity contribution in [1.82, 2.24) is 0 Å². The molecule has 14 heavy (non-hydrogen) atoms. The molecule has 1 atom stereocenters. The van der Waals surface area contributed by atoms with Crippen LogP contribution in [0.4, 0.5) is 0 Å². The Kier molecular flexibility index (Phi) is 2.12. The van der Waals surface area contributed by atoms with E-state index in [9.17, 15) is 4.79 Å². The highest BCUT2D eigenvalue weighted by molar-refractivity contribution is 7.10. The molecule has 0 aromatic carbocycles. The van der Waals surface area contributed by atoms with Gasteiger partial charge in [0.25, 0.3) is 5.91 Å². The van der Waals surface area contributed by atoms with Gasteiger partial charge in [-0.1, -0.05) is 13.8 Å². The molecule has 0 saturated carbocycles. The molecule has 0 aliphatic carbocycles. The van der Waals surface area contributed by atoms with E-state index in [1.807, 2.05) is 11.4 Å². The largest absolute Gasteiger partial charge is 0.367 e. The van der Waals surface area contributed by atoms with E-state index in [2.05, 4.69) is 13.8 Å². The molecular formula is C10H13NO2S. The third-order valence-corrected chi connectivity index (χ3v) is 3.76. The number of primary amides is 1. The van der Waals surface area contributed by atoms with Crippen molar-refractivity contribution in [2.75, 3.05) is 6.61 Å². The number of thiophene rings is 1. The van der Waals surface area contributed by atoms with Gasteiger partial charge in [0.2, 0.25) is 0 Å². The Bertz CT molecular complexity index is 370. The van der Waals surface area contributed by atoms with Crippen LogP contribution in [0.5, 0.6) is 0 Å². The SMILES string of the molecule is CC1(C)COC(C(N)=O)c2ccsc21. The lowest BCUT2D eigenvalue weighted by molar-refractivity contribution is -0.132. The molecule has 1 aliphatic heterocycles. The highest BCUT2D eigenvalue weighted by atomic mass is 32.1. The van der Waals surface area contributed by atoms with Gasteiger partial charge in [-0.05, 0) is 11.4 Å². The summed E-state index contributed by atoms with van der Waals surface area (Å²) in [7, 11) is 0. The normalized spacial score (nSPS) is 24.3. The number of fused-ring (bicyclic) bond motifs is 1. The van der Waals surface area contributed by atoms with Crippen LogP contribution in [-0.2, 0) is 14.9 Å². The van der Waals surface area contributed by atoms with E-state index >= 15 is 0 Å². The first-order chi connectivity index (χ1) is 6.52. The van der Waals surface area contributed by atoms with Gasteiger partial charge in [0, 0.05) is 15.9 Å². The summed E-state index contributed by atoms with van der Waals surface area (Å²) in [6.07, 6.45) is -0.552. The van der Waals surface area contributed by atoms with Crippen LogP contribution in [0.25, 0.3) is 0 Å². The van der Waals surface area contributed by atoms with Gasteiger partial charge in [0.1, 0.15) is 0 Å². The minimum atomic E-state index is -0.552. The quantitative estimate of drug-likeness (QED) is 0.766. The van der Waals surface area contributed by atoms with Crippen molar-refractivity contribution >= 4 is 17.2 Å². The first-order valence-corrected chi connectivity index (χ1v) is 5.39. The van der Waals surface area contributed by atoms with E-state index in [1.54, 1.807) is 11.3 Å². The van der Waals surface area contributed by atoms with Crippen LogP contribution < -0.4 is 5.73 Å². The molecule has 0 radical (unpaired) electrons. The van der Waals surface area contributed by atoms with Crippen molar-refractivity contribution in [3.8, 4) is 0 Å². The van der Waals surface area contributed by atoms with Crippen molar-refractivity contribution in [3.63, 3.8) is 0 Å². The molecule has 1 aromatic heterocycles. The molecule has 0 fully saturated rings. The standard InChI is InChI=1S/C10H13NO2S/c1-10(2)5-13-7(9(11)12)6-3-4-14-8(6)10/h3-4,7H,5H2,1-2H3,(H2,11,12). The third kappa shape index (κ3) is 1.35. The molecule has 2 rings (SSSR count). The van der Waals surface area contributed by atoms with E-state index in [0.29, 0.717) is 6.61 Å². The zero-order chi connectivity index (χ0) is 10.3. The minimum Gasteiger partial charge on any atom is -0.367 e. The van der Waals surface area contributed by atoms with E-state index in [-0.39, 0.29) is 5.41 Å². The summed E-state index contributed by atoms with van der Waals surface area (Å²) in [4.78, 5) is 12.3. The maximum atomic E-state index is 11.1. The second-order valence-electron chi connectivity index (χ2n) is 4.18. The van der Waals surface area contributed by atoms with Crippen molar-refractivity contribution in [2.45, 2.75) is 25.4 Å². The molecule has 0 bridgehead atoms. The summed E-state index contributed by atoms with van der Waals surface area (Å²) in [5.41, 5.74) is 6.21. The average Bonchev–Trinajstić information content (AvgIpc) is 2.52. The summed E-state index contributed by atoms with van der Waals surface area (Å²) >= 11 is 1.67. The highest BCUT2D eigenvalue weighted by Gasteiger charge is 2.36. The molecule has 2 N–H and O–H groups in total. The highest BCUT2D eigenvalue weighted by Crippen LogP contribution is 2.40. The number of carbonyl (C=O) groups is 1. The Hall–Kier alpha value is -0.870. The van der Waals surface area contributed by atoms with Crippen LogP contribution in [0.3, 0.4) is 0 Å². The maximum absolute atomic E-state index is 11.1. The molecule has 1 unspecified atom stereocenters. The monoisotopic (exact) mass is 211 g/mol. The lowest BCUT2D eigenvalue weighted by atomic mass is 9.86. The van der Waals surface area contributed by atoms with E-state index < -0.39 is 12.0 Å². The fourth-order valence-corrected chi connectivity index (χ4v) is 2.80. The Labute approximate surface area is 86.9 Å². The second-order valence-corrected chi connectivity index (χ2v) is 5.10. The van der Waals surface area contributed by atoms with E-state index in [0.717, 1.165) is 5.56 Å². The molecule has 0 saturated heterocycles. The van der Waals surface area contributed by atoms with Crippen LogP contribution >= 0.6 is 11.3 Å². The van der Waals surface area contributed by atoms with Gasteiger partial charge in [-0.25, -0.2) is 0 Å². The van der Waals surface area contributed by atoms with Crippen molar-refractivity contribution in [1.29, 1.82) is 0 Å². The van der Waals surface area contributed by atoms with Crippen LogP contribution in [0.2, 0.25) is 0 Å². The number of amides is 1. The Morgan fingerprint density at radius 3 is 3.07 bits per heavy atom. The lowest BCUT2D eigenvalue weighted by Crippen LogP contribution is -2.36. The van der Waals surface area contributed by atoms with Crippen LogP contribution in [0, 0.1) is 0 Å². The molecule has 0 spiro atoms. The minimum absolute atomic E-state index is 0.00451. The van der Waals surface area contributed by atoms with E-state index in [1.165, 1.54) is 4.88 Å². The lowest BCUT2D eigenvalue weighted by Gasteiger charge is -2.33. The fourth-order valence-electron chi connectivity index (χ4n) is 1.76. The smallest absolute Gasteiger partial charge is 0.251 e. The maximum Gasteiger partial charge on any atom is 0.251 e. The van der Waals surface area contributed by atoms with Gasteiger partial charge < -0.3 is 10.5 Å². The molecular weight excluding hydrogens is 198 g/mol. The Morgan fingerprint density at radius 1 is 1.71 bits per heavy atom. The Balaban J connectivity index is 2.47. The number of nitrogens with two attached hydrogens (primary N) is 1. The molecule has 1 amide bonds. The molecule has 76 valence electrons. The van der Waals surface area contributed by atoms with E-state index in [4.69, 9.17) is 10.5 Å². The van der Waals surface area contributed by atoms with Crippen LogP contribution in [-0.4, -0.2) is 12.5 Å².